The SMILES string of the molecule is COCCCNc1ncnc(NNC(=O)Cc2ccccc2)c1N. The number of aromatic nitrogens is 2. The molecule has 1 amide bonds. The minimum absolute atomic E-state index is 0.186. The van der Waals surface area contributed by atoms with Gasteiger partial charge in [0.15, 0.2) is 11.6 Å². The van der Waals surface area contributed by atoms with Crippen molar-refractivity contribution in [2.45, 2.75) is 12.8 Å². The zero-order valence-corrected chi connectivity index (χ0v) is 13.6. The highest BCUT2D eigenvalue weighted by Crippen LogP contribution is 2.21. The number of carbonyl (C=O) groups excluding carboxylic acids is 1. The van der Waals surface area contributed by atoms with E-state index in [0.29, 0.717) is 30.5 Å². The van der Waals surface area contributed by atoms with Gasteiger partial charge in [0.25, 0.3) is 0 Å². The second-order valence-electron chi connectivity index (χ2n) is 5.09. The maximum Gasteiger partial charge on any atom is 0.242 e. The molecular weight excluding hydrogens is 308 g/mol. The van der Waals surface area contributed by atoms with E-state index < -0.39 is 0 Å². The van der Waals surface area contributed by atoms with E-state index in [1.165, 1.54) is 6.33 Å². The molecule has 0 spiro atoms. The summed E-state index contributed by atoms with van der Waals surface area (Å²) in [6.45, 7) is 1.33. The lowest BCUT2D eigenvalue weighted by Crippen LogP contribution is -2.31. The number of benzene rings is 1. The number of hydrogen-bond donors (Lipinski definition) is 4. The lowest BCUT2D eigenvalue weighted by molar-refractivity contribution is -0.119. The van der Waals surface area contributed by atoms with Crippen LogP contribution in [-0.4, -0.2) is 36.1 Å². The molecule has 128 valence electrons. The number of nitrogens with zero attached hydrogens (tertiary/aromatic N) is 2. The van der Waals surface area contributed by atoms with Crippen molar-refractivity contribution in [2.75, 3.05) is 36.7 Å². The summed E-state index contributed by atoms with van der Waals surface area (Å²) < 4.78 is 4.98. The molecule has 8 nitrogen and oxygen atoms in total. The molecule has 0 aliphatic heterocycles. The maximum atomic E-state index is 11.9. The number of nitrogens with two attached hydrogens (primary N) is 1. The van der Waals surface area contributed by atoms with Crippen molar-refractivity contribution in [3.63, 3.8) is 0 Å². The fraction of sp³-hybridized carbons (Fsp3) is 0.312. The van der Waals surface area contributed by atoms with Crippen LogP contribution in [0.15, 0.2) is 36.7 Å². The Morgan fingerprint density at radius 1 is 1.21 bits per heavy atom. The van der Waals surface area contributed by atoms with Gasteiger partial charge in [-0.25, -0.2) is 9.97 Å². The van der Waals surface area contributed by atoms with E-state index in [2.05, 4.69) is 26.1 Å². The summed E-state index contributed by atoms with van der Waals surface area (Å²) in [5, 5.41) is 3.11. The third-order valence-corrected chi connectivity index (χ3v) is 3.23. The molecule has 0 radical (unpaired) electrons. The van der Waals surface area contributed by atoms with E-state index in [9.17, 15) is 4.79 Å². The summed E-state index contributed by atoms with van der Waals surface area (Å²) in [5.41, 5.74) is 12.6. The number of ether oxygens (including phenoxy) is 1. The molecule has 2 aromatic rings. The van der Waals surface area contributed by atoms with Gasteiger partial charge in [-0.3, -0.25) is 15.6 Å². The van der Waals surface area contributed by atoms with Gasteiger partial charge in [0.2, 0.25) is 5.91 Å². The van der Waals surface area contributed by atoms with E-state index in [-0.39, 0.29) is 12.3 Å². The summed E-state index contributed by atoms with van der Waals surface area (Å²) in [4.78, 5) is 20.1. The number of nitrogen functional groups attached to an aromatic ring is 1. The van der Waals surface area contributed by atoms with Crippen LogP contribution in [0.4, 0.5) is 17.3 Å². The van der Waals surface area contributed by atoms with Crippen molar-refractivity contribution in [3.8, 4) is 0 Å². The lowest BCUT2D eigenvalue weighted by atomic mass is 10.1. The van der Waals surface area contributed by atoms with E-state index in [0.717, 1.165) is 12.0 Å². The molecule has 24 heavy (non-hydrogen) atoms. The van der Waals surface area contributed by atoms with Crippen molar-refractivity contribution in [3.05, 3.63) is 42.2 Å². The molecular formula is C16H22N6O2. The quantitative estimate of drug-likeness (QED) is 0.403. The highest BCUT2D eigenvalue weighted by Gasteiger charge is 2.09. The van der Waals surface area contributed by atoms with Gasteiger partial charge >= 0.3 is 0 Å². The third kappa shape index (κ3) is 5.40. The number of anilines is 3. The molecule has 8 heteroatoms. The van der Waals surface area contributed by atoms with Crippen molar-refractivity contribution in [2.24, 2.45) is 0 Å². The van der Waals surface area contributed by atoms with Gasteiger partial charge in [0.05, 0.1) is 6.42 Å². The van der Waals surface area contributed by atoms with E-state index in [1.54, 1.807) is 7.11 Å². The molecule has 1 aromatic carbocycles. The van der Waals surface area contributed by atoms with Crippen molar-refractivity contribution < 1.29 is 9.53 Å². The molecule has 5 N–H and O–H groups in total. The van der Waals surface area contributed by atoms with Crippen LogP contribution >= 0.6 is 0 Å². The predicted molar refractivity (Wildman–Crippen MR) is 93.3 cm³/mol. The van der Waals surface area contributed by atoms with Gasteiger partial charge in [-0.15, -0.1) is 0 Å². The Kier molecular flexibility index (Phi) is 6.78. The fourth-order valence-electron chi connectivity index (χ4n) is 2.01. The number of amides is 1. The van der Waals surface area contributed by atoms with Crippen LogP contribution in [0.2, 0.25) is 0 Å². The molecule has 0 fully saturated rings. The molecule has 2 rings (SSSR count). The second kappa shape index (κ2) is 9.31. The third-order valence-electron chi connectivity index (χ3n) is 3.23. The van der Waals surface area contributed by atoms with Crippen molar-refractivity contribution in [1.82, 2.24) is 15.4 Å². The van der Waals surface area contributed by atoms with Gasteiger partial charge < -0.3 is 15.8 Å². The van der Waals surface area contributed by atoms with Crippen LogP contribution in [-0.2, 0) is 16.0 Å². The summed E-state index contributed by atoms with van der Waals surface area (Å²) in [6, 6.07) is 9.46. The van der Waals surface area contributed by atoms with E-state index in [4.69, 9.17) is 10.5 Å². The molecule has 0 aliphatic carbocycles. The monoisotopic (exact) mass is 330 g/mol. The number of hydrogen-bond acceptors (Lipinski definition) is 7. The first-order chi connectivity index (χ1) is 11.7. The molecule has 0 bridgehead atoms. The molecule has 0 aliphatic rings. The van der Waals surface area contributed by atoms with Crippen LogP contribution < -0.4 is 21.9 Å². The second-order valence-corrected chi connectivity index (χ2v) is 5.09. The predicted octanol–water partition coefficient (Wildman–Crippen LogP) is 1.19. The van der Waals surface area contributed by atoms with Gasteiger partial charge in [-0.1, -0.05) is 30.3 Å². The lowest BCUT2D eigenvalue weighted by Gasteiger charge is -2.13. The average Bonchev–Trinajstić information content (AvgIpc) is 2.60. The number of carbonyl (C=O) groups is 1. The number of rotatable bonds is 9. The van der Waals surface area contributed by atoms with Crippen molar-refractivity contribution >= 4 is 23.2 Å². The van der Waals surface area contributed by atoms with Crippen LogP contribution in [0.5, 0.6) is 0 Å². The van der Waals surface area contributed by atoms with Gasteiger partial charge in [-0.05, 0) is 12.0 Å². The molecule has 1 heterocycles. The van der Waals surface area contributed by atoms with Crippen molar-refractivity contribution in [1.29, 1.82) is 0 Å². The smallest absolute Gasteiger partial charge is 0.242 e. The Labute approximate surface area is 140 Å². The van der Waals surface area contributed by atoms with Gasteiger partial charge in [0.1, 0.15) is 12.0 Å². The molecule has 1 aromatic heterocycles. The van der Waals surface area contributed by atoms with Crippen LogP contribution in [0.3, 0.4) is 0 Å². The largest absolute Gasteiger partial charge is 0.393 e. The normalized spacial score (nSPS) is 10.2. The fourth-order valence-corrected chi connectivity index (χ4v) is 2.01. The van der Waals surface area contributed by atoms with Crippen LogP contribution in [0.1, 0.15) is 12.0 Å². The topological polar surface area (TPSA) is 114 Å². The Bertz CT molecular complexity index is 650. The first-order valence-electron chi connectivity index (χ1n) is 7.62. The Morgan fingerprint density at radius 2 is 1.96 bits per heavy atom. The Hall–Kier alpha value is -2.87. The van der Waals surface area contributed by atoms with Gasteiger partial charge in [-0.2, -0.15) is 0 Å². The summed E-state index contributed by atoms with van der Waals surface area (Å²) in [5.74, 6) is 0.676. The highest BCUT2D eigenvalue weighted by molar-refractivity contribution is 5.81. The minimum Gasteiger partial charge on any atom is -0.393 e. The molecule has 0 saturated carbocycles. The van der Waals surface area contributed by atoms with Gasteiger partial charge in [0, 0.05) is 20.3 Å². The highest BCUT2D eigenvalue weighted by atomic mass is 16.5. The summed E-state index contributed by atoms with van der Waals surface area (Å²) in [7, 11) is 1.65. The average molecular weight is 330 g/mol. The standard InChI is InChI=1S/C16H22N6O2/c1-24-9-5-8-18-15-14(17)16(20-11-19-15)22-21-13(23)10-12-6-3-2-4-7-12/h2-4,6-7,11H,5,8-10,17H2,1H3,(H,21,23)(H2,18,19,20,22). The van der Waals surface area contributed by atoms with Crippen LogP contribution in [0.25, 0.3) is 0 Å². The molecule has 0 unspecified atom stereocenters. The molecule has 0 atom stereocenters. The zero-order valence-electron chi connectivity index (χ0n) is 13.6. The maximum absolute atomic E-state index is 11.9. The molecule has 0 saturated heterocycles. The number of hydrazine groups is 1. The minimum atomic E-state index is -0.186. The van der Waals surface area contributed by atoms with E-state index >= 15 is 0 Å². The number of nitrogens with one attached hydrogen (secondary N) is 3. The Balaban J connectivity index is 1.86. The first-order valence-corrected chi connectivity index (χ1v) is 7.62. The zero-order chi connectivity index (χ0) is 17.2. The van der Waals surface area contributed by atoms with Crippen LogP contribution in [0, 0.1) is 0 Å². The Morgan fingerprint density at radius 3 is 2.71 bits per heavy atom. The first kappa shape index (κ1) is 17.5. The van der Waals surface area contributed by atoms with E-state index in [1.807, 2.05) is 30.3 Å². The summed E-state index contributed by atoms with van der Waals surface area (Å²) in [6.07, 6.45) is 2.47. The summed E-state index contributed by atoms with van der Waals surface area (Å²) >= 11 is 0. The number of methoxy groups -OCH3 is 1.